The van der Waals surface area contributed by atoms with Gasteiger partial charge in [0, 0.05) is 19.4 Å². The maximum absolute atomic E-state index is 4.69. The molecule has 0 atom stereocenters. The van der Waals surface area contributed by atoms with E-state index in [2.05, 4.69) is 45.1 Å². The number of halogens is 1. The first-order chi connectivity index (χ1) is 7.61. The van der Waals surface area contributed by atoms with E-state index < -0.39 is 0 Å². The average molecular weight is 284 g/mol. The van der Waals surface area contributed by atoms with Gasteiger partial charge in [-0.25, -0.2) is 9.97 Å². The van der Waals surface area contributed by atoms with Gasteiger partial charge in [-0.05, 0) is 34.7 Å². The summed E-state index contributed by atoms with van der Waals surface area (Å²) in [5, 5.41) is 3.13. The van der Waals surface area contributed by atoms with Crippen LogP contribution >= 0.6 is 15.9 Å². The van der Waals surface area contributed by atoms with Gasteiger partial charge in [-0.15, -0.1) is 0 Å². The van der Waals surface area contributed by atoms with Crippen LogP contribution in [0.25, 0.3) is 0 Å². The van der Waals surface area contributed by atoms with Crippen molar-refractivity contribution in [3.63, 3.8) is 0 Å². The zero-order valence-corrected chi connectivity index (χ0v) is 11.6. The molecule has 0 amide bonds. The number of nitrogens with one attached hydrogen (secondary N) is 1. The molecule has 0 unspecified atom stereocenters. The fourth-order valence-electron chi connectivity index (χ4n) is 1.76. The van der Waals surface area contributed by atoms with Gasteiger partial charge >= 0.3 is 0 Å². The SMILES string of the molecule is CNc1nc(CC(C)C)nc(C2CC2)c1Br. The van der Waals surface area contributed by atoms with Crippen molar-refractivity contribution in [2.24, 2.45) is 5.92 Å². The molecule has 0 aromatic carbocycles. The Hall–Kier alpha value is -0.640. The number of aromatic nitrogens is 2. The molecule has 0 saturated heterocycles. The molecule has 0 bridgehead atoms. The molecule has 1 aromatic rings. The standard InChI is InChI=1S/C12H18BrN3/c1-7(2)6-9-15-11(8-4-5-8)10(13)12(14-3)16-9/h7-8H,4-6H2,1-3H3,(H,14,15,16). The number of nitrogens with zero attached hydrogens (tertiary/aromatic N) is 2. The summed E-state index contributed by atoms with van der Waals surface area (Å²) in [6.07, 6.45) is 3.47. The number of rotatable bonds is 4. The molecule has 1 N–H and O–H groups in total. The number of hydrogen-bond acceptors (Lipinski definition) is 3. The van der Waals surface area contributed by atoms with Crippen LogP contribution in [0.4, 0.5) is 5.82 Å². The van der Waals surface area contributed by atoms with E-state index in [-0.39, 0.29) is 0 Å². The van der Waals surface area contributed by atoms with E-state index in [0.29, 0.717) is 11.8 Å². The van der Waals surface area contributed by atoms with Gasteiger partial charge in [0.1, 0.15) is 11.6 Å². The number of hydrogen-bond donors (Lipinski definition) is 1. The molecule has 16 heavy (non-hydrogen) atoms. The zero-order chi connectivity index (χ0) is 11.7. The number of anilines is 1. The summed E-state index contributed by atoms with van der Waals surface area (Å²) in [5.74, 6) is 3.13. The molecule has 0 spiro atoms. The fraction of sp³-hybridized carbons (Fsp3) is 0.667. The molecule has 88 valence electrons. The minimum atomic E-state index is 0.595. The van der Waals surface area contributed by atoms with E-state index >= 15 is 0 Å². The largest absolute Gasteiger partial charge is 0.372 e. The Morgan fingerprint density at radius 2 is 2.06 bits per heavy atom. The zero-order valence-electron chi connectivity index (χ0n) is 10.0. The lowest BCUT2D eigenvalue weighted by molar-refractivity contribution is 0.617. The van der Waals surface area contributed by atoms with E-state index in [1.807, 2.05) is 7.05 Å². The molecule has 3 nitrogen and oxygen atoms in total. The second kappa shape index (κ2) is 4.70. The van der Waals surface area contributed by atoms with E-state index in [4.69, 9.17) is 0 Å². The van der Waals surface area contributed by atoms with Crippen molar-refractivity contribution in [3.8, 4) is 0 Å². The van der Waals surface area contributed by atoms with Crippen molar-refractivity contribution >= 4 is 21.7 Å². The van der Waals surface area contributed by atoms with E-state index in [1.54, 1.807) is 0 Å². The van der Waals surface area contributed by atoms with Crippen LogP contribution < -0.4 is 5.32 Å². The highest BCUT2D eigenvalue weighted by Crippen LogP contribution is 2.43. The smallest absolute Gasteiger partial charge is 0.144 e. The van der Waals surface area contributed by atoms with E-state index in [0.717, 1.165) is 22.5 Å². The van der Waals surface area contributed by atoms with Crippen LogP contribution in [0.15, 0.2) is 4.47 Å². The maximum Gasteiger partial charge on any atom is 0.144 e. The Bertz CT molecular complexity index is 386. The minimum absolute atomic E-state index is 0.595. The molecule has 4 heteroatoms. The fourth-order valence-corrected chi connectivity index (χ4v) is 2.46. The predicted octanol–water partition coefficient (Wildman–Crippen LogP) is 3.36. The second-order valence-corrected chi connectivity index (χ2v) is 5.60. The average Bonchev–Trinajstić information content (AvgIpc) is 3.03. The van der Waals surface area contributed by atoms with Gasteiger partial charge < -0.3 is 5.32 Å². The van der Waals surface area contributed by atoms with Crippen LogP contribution in [0.2, 0.25) is 0 Å². The van der Waals surface area contributed by atoms with Crippen molar-refractivity contribution in [1.82, 2.24) is 9.97 Å². The third-order valence-corrected chi connectivity index (χ3v) is 3.50. The Kier molecular flexibility index (Phi) is 3.47. The van der Waals surface area contributed by atoms with Crippen LogP contribution in [0.5, 0.6) is 0 Å². The first-order valence-corrected chi connectivity index (χ1v) is 6.65. The maximum atomic E-state index is 4.69. The Morgan fingerprint density at radius 3 is 2.56 bits per heavy atom. The molecule has 2 rings (SSSR count). The molecule has 1 heterocycles. The van der Waals surface area contributed by atoms with Gasteiger partial charge in [0.25, 0.3) is 0 Å². The summed E-state index contributed by atoms with van der Waals surface area (Å²) in [6, 6.07) is 0. The van der Waals surface area contributed by atoms with Crippen LogP contribution in [0.1, 0.15) is 44.1 Å². The molecular formula is C12H18BrN3. The van der Waals surface area contributed by atoms with Crippen molar-refractivity contribution < 1.29 is 0 Å². The summed E-state index contributed by atoms with van der Waals surface area (Å²) in [4.78, 5) is 9.22. The normalized spacial score (nSPS) is 15.6. The third-order valence-electron chi connectivity index (χ3n) is 2.71. The summed E-state index contributed by atoms with van der Waals surface area (Å²) >= 11 is 3.59. The van der Waals surface area contributed by atoms with Crippen LogP contribution in [-0.4, -0.2) is 17.0 Å². The monoisotopic (exact) mass is 283 g/mol. The molecule has 1 aliphatic rings. The molecule has 1 saturated carbocycles. The van der Waals surface area contributed by atoms with Crippen molar-refractivity contribution in [2.45, 2.75) is 39.0 Å². The van der Waals surface area contributed by atoms with Crippen molar-refractivity contribution in [3.05, 3.63) is 16.0 Å². The lowest BCUT2D eigenvalue weighted by Gasteiger charge is -2.11. The quantitative estimate of drug-likeness (QED) is 0.921. The Balaban J connectivity index is 2.35. The van der Waals surface area contributed by atoms with Gasteiger partial charge in [-0.1, -0.05) is 13.8 Å². The lowest BCUT2D eigenvalue weighted by Crippen LogP contribution is -2.07. The Morgan fingerprint density at radius 1 is 1.38 bits per heavy atom. The highest BCUT2D eigenvalue weighted by atomic mass is 79.9. The van der Waals surface area contributed by atoms with E-state index in [1.165, 1.54) is 18.5 Å². The Labute approximate surface area is 105 Å². The summed E-state index contributed by atoms with van der Waals surface area (Å²) in [5.41, 5.74) is 1.19. The summed E-state index contributed by atoms with van der Waals surface area (Å²) in [6.45, 7) is 4.39. The van der Waals surface area contributed by atoms with Crippen molar-refractivity contribution in [2.75, 3.05) is 12.4 Å². The van der Waals surface area contributed by atoms with Crippen molar-refractivity contribution in [1.29, 1.82) is 0 Å². The third kappa shape index (κ3) is 2.54. The van der Waals surface area contributed by atoms with Crippen LogP contribution in [-0.2, 0) is 6.42 Å². The predicted molar refractivity (Wildman–Crippen MR) is 69.8 cm³/mol. The minimum Gasteiger partial charge on any atom is -0.372 e. The van der Waals surface area contributed by atoms with Crippen LogP contribution in [0.3, 0.4) is 0 Å². The summed E-state index contributed by atoms with van der Waals surface area (Å²) < 4.78 is 1.05. The molecule has 1 fully saturated rings. The molecule has 0 radical (unpaired) electrons. The van der Waals surface area contributed by atoms with Gasteiger partial charge in [0.05, 0.1) is 10.2 Å². The van der Waals surface area contributed by atoms with Gasteiger partial charge in [-0.3, -0.25) is 0 Å². The van der Waals surface area contributed by atoms with E-state index in [9.17, 15) is 0 Å². The van der Waals surface area contributed by atoms with Gasteiger partial charge in [0.2, 0.25) is 0 Å². The molecule has 0 aliphatic heterocycles. The molecule has 1 aromatic heterocycles. The molecular weight excluding hydrogens is 266 g/mol. The van der Waals surface area contributed by atoms with Gasteiger partial charge in [0.15, 0.2) is 0 Å². The first-order valence-electron chi connectivity index (χ1n) is 5.86. The topological polar surface area (TPSA) is 37.8 Å². The van der Waals surface area contributed by atoms with Crippen LogP contribution in [0, 0.1) is 5.92 Å². The molecule has 1 aliphatic carbocycles. The summed E-state index contributed by atoms with van der Waals surface area (Å²) in [7, 11) is 1.91. The highest BCUT2D eigenvalue weighted by Gasteiger charge is 2.29. The highest BCUT2D eigenvalue weighted by molar-refractivity contribution is 9.10. The lowest BCUT2D eigenvalue weighted by atomic mass is 10.1. The van der Waals surface area contributed by atoms with Gasteiger partial charge in [-0.2, -0.15) is 0 Å². The second-order valence-electron chi connectivity index (χ2n) is 4.81. The first kappa shape index (κ1) is 11.8.